The Labute approximate surface area is 210 Å². The fraction of sp³-hybridized carbons (Fsp3) is 0.500. The molecule has 0 aromatic heterocycles. The van der Waals surface area contributed by atoms with Gasteiger partial charge in [-0.2, -0.15) is 0 Å². The maximum Gasteiger partial charge on any atom is 0.235 e. The molecule has 10 heteroatoms. The maximum absolute atomic E-state index is 13.8. The Morgan fingerprint density at radius 1 is 1.14 bits per heavy atom. The number of carbonyl (C=O) groups is 5. The van der Waals surface area contributed by atoms with E-state index in [-0.39, 0.29) is 24.2 Å². The summed E-state index contributed by atoms with van der Waals surface area (Å²) in [5, 5.41) is 22.1. The standard InChI is InChI=1S/C26H30N2O7Si/c1-28(2)20-15-11-13-10-14-12(8-9-36(3,4)5)6-7-16(29)18(14)21(30)17(13)23(32)26(15,35)24(33)19(22(20)31)25(27)34/h6-7,13,15,17,19-20,29,35H,10-11H2,1-5H3,(H2,27,34)/t13-,15?,17?,19?,20-,26-/m0/s1. The molecule has 0 saturated heterocycles. The van der Waals surface area contributed by atoms with Crippen LogP contribution in [-0.2, 0) is 25.6 Å². The minimum Gasteiger partial charge on any atom is -0.507 e. The number of amides is 1. The summed E-state index contributed by atoms with van der Waals surface area (Å²) < 4.78 is 0. The molecule has 3 aliphatic rings. The molecule has 3 unspecified atom stereocenters. The van der Waals surface area contributed by atoms with Crippen LogP contribution in [0.2, 0.25) is 19.6 Å². The van der Waals surface area contributed by atoms with Crippen molar-refractivity contribution in [2.75, 3.05) is 14.1 Å². The highest BCUT2D eigenvalue weighted by atomic mass is 28.3. The number of ketones is 4. The summed E-state index contributed by atoms with van der Waals surface area (Å²) in [7, 11) is 1.34. The van der Waals surface area contributed by atoms with Crippen LogP contribution < -0.4 is 5.73 Å². The van der Waals surface area contributed by atoms with Crippen LogP contribution in [0.25, 0.3) is 0 Å². The van der Waals surface area contributed by atoms with Gasteiger partial charge in [-0.15, -0.1) is 5.54 Å². The Balaban J connectivity index is 1.87. The molecule has 6 atom stereocenters. The molecule has 9 nitrogen and oxygen atoms in total. The molecule has 190 valence electrons. The first kappa shape index (κ1) is 25.9. The van der Waals surface area contributed by atoms with Crippen LogP contribution in [0.1, 0.15) is 27.9 Å². The van der Waals surface area contributed by atoms with Crippen molar-refractivity contribution in [3.05, 3.63) is 28.8 Å². The largest absolute Gasteiger partial charge is 0.507 e. The molecule has 0 bridgehead atoms. The van der Waals surface area contributed by atoms with E-state index in [2.05, 4.69) is 31.1 Å². The smallest absolute Gasteiger partial charge is 0.235 e. The van der Waals surface area contributed by atoms with Crippen molar-refractivity contribution in [3.8, 4) is 17.2 Å². The summed E-state index contributed by atoms with van der Waals surface area (Å²) in [6.07, 6.45) is 0.219. The topological polar surface area (TPSA) is 155 Å². The van der Waals surface area contributed by atoms with Crippen LogP contribution in [-0.4, -0.2) is 78.0 Å². The van der Waals surface area contributed by atoms with Gasteiger partial charge in [0.05, 0.1) is 17.5 Å². The van der Waals surface area contributed by atoms with Gasteiger partial charge in [-0.25, -0.2) is 0 Å². The summed E-state index contributed by atoms with van der Waals surface area (Å²) in [5.74, 6) is -7.36. The van der Waals surface area contributed by atoms with Crippen LogP contribution in [0.5, 0.6) is 5.75 Å². The summed E-state index contributed by atoms with van der Waals surface area (Å²) in [5.41, 5.74) is 6.92. The van der Waals surface area contributed by atoms with Crippen LogP contribution >= 0.6 is 0 Å². The quantitative estimate of drug-likeness (QED) is 0.287. The number of phenols is 1. The highest BCUT2D eigenvalue weighted by Gasteiger charge is 2.69. The van der Waals surface area contributed by atoms with E-state index < -0.39 is 72.4 Å². The van der Waals surface area contributed by atoms with E-state index in [1.54, 1.807) is 20.2 Å². The van der Waals surface area contributed by atoms with Crippen LogP contribution in [0.4, 0.5) is 0 Å². The van der Waals surface area contributed by atoms with Gasteiger partial charge in [0.25, 0.3) is 0 Å². The number of aromatic hydroxyl groups is 1. The predicted octanol–water partition coefficient (Wildman–Crippen LogP) is 0.0959. The van der Waals surface area contributed by atoms with Gasteiger partial charge < -0.3 is 15.9 Å². The first-order chi connectivity index (χ1) is 16.6. The van der Waals surface area contributed by atoms with Crippen LogP contribution in [0.15, 0.2) is 12.1 Å². The molecule has 2 saturated carbocycles. The molecule has 4 N–H and O–H groups in total. The molecular formula is C26H30N2O7Si. The number of Topliss-reactive ketones (excluding diaryl/α,β-unsaturated/α-hetero) is 4. The minimum absolute atomic E-state index is 0.0143. The van der Waals surface area contributed by atoms with Crippen molar-refractivity contribution in [2.45, 2.75) is 44.1 Å². The zero-order valence-electron chi connectivity index (χ0n) is 20.9. The van der Waals surface area contributed by atoms with Gasteiger partial charge in [0.15, 0.2) is 34.7 Å². The number of hydrogen-bond donors (Lipinski definition) is 3. The maximum atomic E-state index is 13.8. The SMILES string of the molecule is CN(C)[C@@H]1C(=O)C(C(N)=O)C(=O)[C@@]2(O)C(=O)C3C(=O)c4c(O)ccc(C#C[Si](C)(C)C)c4C[C@H]3CC12. The van der Waals surface area contributed by atoms with Crippen LogP contribution in [0, 0.1) is 35.1 Å². The average Bonchev–Trinajstić information content (AvgIpc) is 2.74. The highest BCUT2D eigenvalue weighted by molar-refractivity contribution is 6.83. The molecule has 36 heavy (non-hydrogen) atoms. The van der Waals surface area contributed by atoms with E-state index in [1.165, 1.54) is 11.0 Å². The second kappa shape index (κ2) is 8.47. The van der Waals surface area contributed by atoms with Gasteiger partial charge in [-0.3, -0.25) is 28.9 Å². The van der Waals surface area contributed by atoms with E-state index >= 15 is 0 Å². The molecule has 0 heterocycles. The van der Waals surface area contributed by atoms with Gasteiger partial charge in [0.2, 0.25) is 5.91 Å². The number of aliphatic hydroxyl groups is 1. The molecule has 4 rings (SSSR count). The molecule has 1 amide bonds. The first-order valence-electron chi connectivity index (χ1n) is 11.8. The van der Waals surface area contributed by atoms with E-state index in [0.29, 0.717) is 11.1 Å². The zero-order valence-corrected chi connectivity index (χ0v) is 21.9. The molecule has 3 aliphatic carbocycles. The van der Waals surface area contributed by atoms with Crippen molar-refractivity contribution in [2.24, 2.45) is 29.4 Å². The van der Waals surface area contributed by atoms with Gasteiger partial charge in [0.1, 0.15) is 13.8 Å². The molecule has 2 fully saturated rings. The molecule has 0 aliphatic heterocycles. The van der Waals surface area contributed by atoms with Crippen LogP contribution in [0.3, 0.4) is 0 Å². The highest BCUT2D eigenvalue weighted by Crippen LogP contribution is 2.50. The summed E-state index contributed by atoms with van der Waals surface area (Å²) >= 11 is 0. The number of phenolic OH excluding ortho intramolecular Hbond substituents is 1. The Bertz CT molecular complexity index is 1290. The van der Waals surface area contributed by atoms with Gasteiger partial charge >= 0.3 is 0 Å². The summed E-state index contributed by atoms with van der Waals surface area (Å²) in [6.45, 7) is 6.23. The third kappa shape index (κ3) is 3.73. The number of nitrogens with two attached hydrogens (primary N) is 1. The lowest BCUT2D eigenvalue weighted by molar-refractivity contribution is -0.181. The zero-order chi connectivity index (χ0) is 26.9. The third-order valence-electron chi connectivity index (χ3n) is 7.52. The first-order valence-corrected chi connectivity index (χ1v) is 15.3. The predicted molar refractivity (Wildman–Crippen MR) is 132 cm³/mol. The second-order valence-electron chi connectivity index (χ2n) is 11.3. The number of nitrogens with zero attached hydrogens (tertiary/aromatic N) is 1. The summed E-state index contributed by atoms with van der Waals surface area (Å²) in [4.78, 5) is 67.3. The van der Waals surface area contributed by atoms with Gasteiger partial charge in [0, 0.05) is 11.5 Å². The molecular weight excluding hydrogens is 480 g/mol. The monoisotopic (exact) mass is 510 g/mol. The Hall–Kier alpha value is -3.13. The summed E-state index contributed by atoms with van der Waals surface area (Å²) in [6, 6.07) is 1.87. The molecule has 0 spiro atoms. The van der Waals surface area contributed by atoms with E-state index in [9.17, 15) is 34.2 Å². The van der Waals surface area contributed by atoms with E-state index in [4.69, 9.17) is 5.73 Å². The molecule has 1 aromatic carbocycles. The number of primary amides is 1. The normalized spacial score (nSPS) is 31.8. The lowest BCUT2D eigenvalue weighted by atomic mass is 9.52. The minimum atomic E-state index is -2.72. The number of likely N-dealkylation sites (N-methyl/N-ethyl adjacent to an activating group) is 1. The number of carbonyl (C=O) groups excluding carboxylic acids is 5. The molecule has 1 aromatic rings. The average molecular weight is 511 g/mol. The molecule has 0 radical (unpaired) electrons. The van der Waals surface area contributed by atoms with Gasteiger partial charge in [-0.1, -0.05) is 25.6 Å². The number of benzene rings is 1. The number of hydrogen-bond acceptors (Lipinski definition) is 8. The third-order valence-corrected chi connectivity index (χ3v) is 8.39. The van der Waals surface area contributed by atoms with E-state index in [0.717, 1.165) is 0 Å². The number of rotatable bonds is 2. The van der Waals surface area contributed by atoms with Crippen molar-refractivity contribution >= 4 is 37.1 Å². The lowest BCUT2D eigenvalue weighted by Gasteiger charge is -2.52. The Morgan fingerprint density at radius 3 is 2.33 bits per heavy atom. The Morgan fingerprint density at radius 2 is 1.78 bits per heavy atom. The van der Waals surface area contributed by atoms with Crippen molar-refractivity contribution in [1.82, 2.24) is 4.90 Å². The van der Waals surface area contributed by atoms with Crippen molar-refractivity contribution in [3.63, 3.8) is 0 Å². The van der Waals surface area contributed by atoms with E-state index in [1.807, 2.05) is 0 Å². The Kier molecular flexibility index (Phi) is 6.11. The second-order valence-corrected chi connectivity index (χ2v) is 16.0. The fourth-order valence-corrected chi connectivity index (χ4v) is 6.49. The van der Waals surface area contributed by atoms with Crippen molar-refractivity contribution < 1.29 is 34.2 Å². The lowest BCUT2D eigenvalue weighted by Crippen LogP contribution is -2.74. The van der Waals surface area contributed by atoms with Crippen molar-refractivity contribution in [1.29, 1.82) is 0 Å². The fourth-order valence-electron chi connectivity index (χ4n) is 5.98. The van der Waals surface area contributed by atoms with Gasteiger partial charge in [-0.05, 0) is 50.6 Å². The number of fused-ring (bicyclic) bond motifs is 3.